The Morgan fingerprint density at radius 1 is 1.15 bits per heavy atom. The predicted molar refractivity (Wildman–Crippen MR) is 102 cm³/mol. The van der Waals surface area contributed by atoms with Crippen molar-refractivity contribution in [3.63, 3.8) is 0 Å². The van der Waals surface area contributed by atoms with Gasteiger partial charge in [-0.1, -0.05) is 12.1 Å². The van der Waals surface area contributed by atoms with E-state index in [4.69, 9.17) is 0 Å². The summed E-state index contributed by atoms with van der Waals surface area (Å²) < 4.78 is 24.2. The first-order valence-electron chi connectivity index (χ1n) is 7.62. The summed E-state index contributed by atoms with van der Waals surface area (Å²) >= 11 is 0. The minimum absolute atomic E-state index is 0.0311. The van der Waals surface area contributed by atoms with E-state index in [9.17, 15) is 23.3 Å². The Morgan fingerprint density at radius 3 is 2.44 bits per heavy atom. The van der Waals surface area contributed by atoms with Crippen molar-refractivity contribution in [2.75, 3.05) is 5.32 Å². The van der Waals surface area contributed by atoms with E-state index >= 15 is 0 Å². The largest absolute Gasteiger partial charge is 0.326 e. The Bertz CT molecular complexity index is 998. The molecule has 2 N–H and O–H groups in total. The number of allylic oxidation sites excluding steroid dienone is 1. The molecule has 2 rings (SSSR count). The van der Waals surface area contributed by atoms with Crippen LogP contribution in [-0.4, -0.2) is 25.5 Å². The van der Waals surface area contributed by atoms with E-state index in [1.165, 1.54) is 55.6 Å². The zero-order valence-corrected chi connectivity index (χ0v) is 15.0. The molecule has 0 aliphatic carbocycles. The predicted octanol–water partition coefficient (Wildman–Crippen LogP) is 2.53. The lowest BCUT2D eigenvalue weighted by molar-refractivity contribution is -0.385. The van der Waals surface area contributed by atoms with Gasteiger partial charge >= 0.3 is 0 Å². The lowest BCUT2D eigenvalue weighted by Crippen LogP contribution is -2.18. The normalized spacial score (nSPS) is 11.6. The molecule has 0 unspecified atom stereocenters. The summed E-state index contributed by atoms with van der Waals surface area (Å²) in [6.07, 6.45) is 3.99. The highest BCUT2D eigenvalue weighted by molar-refractivity contribution is 7.89. The summed E-state index contributed by atoms with van der Waals surface area (Å²) in [5.41, 5.74) is 0.768. The number of hydrogen-bond acceptors (Lipinski definition) is 6. The van der Waals surface area contributed by atoms with Crippen LogP contribution in [-0.2, 0) is 14.8 Å². The Labute approximate surface area is 155 Å². The van der Waals surface area contributed by atoms with Crippen molar-refractivity contribution < 1.29 is 18.1 Å². The fourth-order valence-electron chi connectivity index (χ4n) is 2.06. The minimum Gasteiger partial charge on any atom is -0.326 e. The molecule has 0 aliphatic heterocycles. The van der Waals surface area contributed by atoms with E-state index in [0.717, 1.165) is 0 Å². The van der Waals surface area contributed by atoms with Gasteiger partial charge in [0, 0.05) is 24.9 Å². The summed E-state index contributed by atoms with van der Waals surface area (Å²) in [5, 5.41) is 17.0. The van der Waals surface area contributed by atoms with E-state index in [0.29, 0.717) is 11.3 Å². The molecule has 0 spiro atoms. The second-order valence-corrected chi connectivity index (χ2v) is 6.91. The van der Waals surface area contributed by atoms with Crippen molar-refractivity contribution in [2.45, 2.75) is 11.8 Å². The monoisotopic (exact) mass is 388 g/mol. The molecule has 140 valence electrons. The topological polar surface area (TPSA) is 131 Å². The molecular weight excluding hydrogens is 372 g/mol. The van der Waals surface area contributed by atoms with Gasteiger partial charge in [0.25, 0.3) is 15.7 Å². The number of benzene rings is 2. The van der Waals surface area contributed by atoms with Gasteiger partial charge in [-0.05, 0) is 42.5 Å². The van der Waals surface area contributed by atoms with Crippen molar-refractivity contribution in [1.29, 1.82) is 0 Å². The van der Waals surface area contributed by atoms with Gasteiger partial charge in [0.1, 0.15) is 0 Å². The molecule has 2 aromatic rings. The maximum absolute atomic E-state index is 12.1. The Morgan fingerprint density at radius 2 is 1.81 bits per heavy atom. The van der Waals surface area contributed by atoms with E-state index < -0.39 is 14.9 Å². The van der Waals surface area contributed by atoms with E-state index in [-0.39, 0.29) is 16.5 Å². The highest BCUT2D eigenvalue weighted by Crippen LogP contribution is 2.18. The summed E-state index contributed by atoms with van der Waals surface area (Å²) in [4.78, 5) is 23.3. The third-order valence-electron chi connectivity index (χ3n) is 3.23. The maximum atomic E-state index is 12.1. The molecule has 1 amide bonds. The molecule has 0 aliphatic rings. The fraction of sp³-hybridized carbons (Fsp3) is 0.0588. The number of sulfonamides is 1. The first-order valence-corrected chi connectivity index (χ1v) is 9.10. The van der Waals surface area contributed by atoms with Gasteiger partial charge in [0.2, 0.25) is 5.91 Å². The number of carbonyl (C=O) groups excluding carboxylic acids is 1. The second-order valence-electron chi connectivity index (χ2n) is 5.25. The molecule has 0 atom stereocenters. The zero-order chi connectivity index (χ0) is 19.9. The number of amides is 1. The van der Waals surface area contributed by atoms with Gasteiger partial charge in [-0.25, -0.2) is 4.83 Å². The number of rotatable bonds is 7. The van der Waals surface area contributed by atoms with Crippen molar-refractivity contribution in [3.05, 3.63) is 70.3 Å². The molecule has 10 heteroatoms. The van der Waals surface area contributed by atoms with Crippen LogP contribution in [0.4, 0.5) is 11.4 Å². The van der Waals surface area contributed by atoms with Gasteiger partial charge in [0.15, 0.2) is 0 Å². The van der Waals surface area contributed by atoms with Gasteiger partial charge < -0.3 is 5.32 Å². The third kappa shape index (κ3) is 5.75. The van der Waals surface area contributed by atoms with Gasteiger partial charge in [-0.2, -0.15) is 13.5 Å². The average molecular weight is 388 g/mol. The molecule has 27 heavy (non-hydrogen) atoms. The minimum atomic E-state index is -3.87. The van der Waals surface area contributed by atoms with Crippen molar-refractivity contribution in [3.8, 4) is 0 Å². The standard InChI is InChI=1S/C17H16N4O5S/c1-13(22)19-15-8-10-16(11-9-15)27(25,26)20-18-12-4-6-14-5-2-3-7-17(14)21(23)24/h2-12,20H,1H3,(H,19,22)/b6-4-,18-12+. The molecule has 0 fully saturated rings. The molecule has 0 saturated carbocycles. The SMILES string of the molecule is CC(=O)Nc1ccc(S(=O)(=O)N/N=C/C=C\c2ccccc2[N+](=O)[O-])cc1. The number of hydrazone groups is 1. The van der Waals surface area contributed by atoms with Crippen LogP contribution >= 0.6 is 0 Å². The van der Waals surface area contributed by atoms with E-state index in [1.54, 1.807) is 18.2 Å². The summed E-state index contributed by atoms with van der Waals surface area (Å²) in [7, 11) is -3.87. The Balaban J connectivity index is 2.02. The molecule has 2 aromatic carbocycles. The number of para-hydroxylation sites is 1. The zero-order valence-electron chi connectivity index (χ0n) is 14.2. The second kappa shape index (κ2) is 8.72. The highest BCUT2D eigenvalue weighted by atomic mass is 32.2. The van der Waals surface area contributed by atoms with Crippen LogP contribution in [0.25, 0.3) is 6.08 Å². The average Bonchev–Trinajstić information content (AvgIpc) is 2.61. The van der Waals surface area contributed by atoms with Crippen LogP contribution < -0.4 is 10.1 Å². The number of nitro groups is 1. The Hall–Kier alpha value is -3.53. The molecule has 0 radical (unpaired) electrons. The van der Waals surface area contributed by atoms with Gasteiger partial charge in [-0.15, -0.1) is 0 Å². The molecular formula is C17H16N4O5S. The highest BCUT2D eigenvalue weighted by Gasteiger charge is 2.12. The number of nitrogens with zero attached hydrogens (tertiary/aromatic N) is 2. The molecule has 9 nitrogen and oxygen atoms in total. The summed E-state index contributed by atoms with van der Waals surface area (Å²) in [5.74, 6) is -0.265. The fourth-order valence-corrected chi connectivity index (χ4v) is 2.86. The smallest absolute Gasteiger partial charge is 0.276 e. The number of hydrogen-bond donors (Lipinski definition) is 2. The summed E-state index contributed by atoms with van der Waals surface area (Å²) in [6.45, 7) is 1.35. The molecule has 0 bridgehead atoms. The van der Waals surface area contributed by atoms with Gasteiger partial charge in [-0.3, -0.25) is 14.9 Å². The van der Waals surface area contributed by atoms with Crippen LogP contribution in [0.1, 0.15) is 12.5 Å². The van der Waals surface area contributed by atoms with Crippen molar-refractivity contribution in [2.24, 2.45) is 5.10 Å². The van der Waals surface area contributed by atoms with Crippen LogP contribution in [0.2, 0.25) is 0 Å². The molecule has 0 heterocycles. The summed E-state index contributed by atoms with van der Waals surface area (Å²) in [6, 6.07) is 11.7. The number of anilines is 1. The van der Waals surface area contributed by atoms with Crippen LogP contribution in [0.3, 0.4) is 0 Å². The number of nitrogens with one attached hydrogen (secondary N) is 2. The van der Waals surface area contributed by atoms with E-state index in [2.05, 4.69) is 10.4 Å². The quantitative estimate of drug-likeness (QED) is 0.427. The maximum Gasteiger partial charge on any atom is 0.276 e. The van der Waals surface area contributed by atoms with Crippen molar-refractivity contribution in [1.82, 2.24) is 4.83 Å². The Kier molecular flexibility index (Phi) is 6.39. The van der Waals surface area contributed by atoms with Crippen LogP contribution in [0.5, 0.6) is 0 Å². The van der Waals surface area contributed by atoms with Crippen molar-refractivity contribution >= 4 is 39.6 Å². The first kappa shape index (κ1) is 19.8. The molecule has 0 saturated heterocycles. The van der Waals surface area contributed by atoms with E-state index in [1.807, 2.05) is 4.83 Å². The lowest BCUT2D eigenvalue weighted by Gasteiger charge is -2.05. The van der Waals surface area contributed by atoms with Crippen LogP contribution in [0, 0.1) is 10.1 Å². The number of carbonyl (C=O) groups is 1. The molecule has 0 aromatic heterocycles. The lowest BCUT2D eigenvalue weighted by atomic mass is 10.2. The number of nitro benzene ring substituents is 1. The van der Waals surface area contributed by atoms with Gasteiger partial charge in [0.05, 0.1) is 15.4 Å². The first-order chi connectivity index (χ1) is 12.8. The third-order valence-corrected chi connectivity index (χ3v) is 4.47. The van der Waals surface area contributed by atoms with Crippen LogP contribution in [0.15, 0.2) is 64.6 Å².